The highest BCUT2D eigenvalue weighted by Gasteiger charge is 2.17. The molecule has 0 fully saturated rings. The number of amides is 2. The molecule has 0 saturated heterocycles. The third kappa shape index (κ3) is 4.06. The minimum absolute atomic E-state index is 0.00265. The Morgan fingerprint density at radius 2 is 1.78 bits per heavy atom. The minimum Gasteiger partial charge on any atom is -0.331 e. The molecule has 2 rings (SSSR count). The Bertz CT molecular complexity index is 671. The molecule has 0 heterocycles. The molecule has 1 atom stereocenters. The second kappa shape index (κ2) is 7.40. The number of non-ortho nitro benzene ring substituents is 1. The molecule has 120 valence electrons. The highest BCUT2D eigenvalue weighted by Crippen LogP contribution is 2.20. The lowest BCUT2D eigenvalue weighted by atomic mass is 10.1. The van der Waals surface area contributed by atoms with Crippen LogP contribution in [-0.2, 0) is 0 Å². The number of anilines is 1. The third-order valence-electron chi connectivity index (χ3n) is 3.57. The number of benzene rings is 2. The maximum atomic E-state index is 12.5. The quantitative estimate of drug-likeness (QED) is 0.672. The summed E-state index contributed by atoms with van der Waals surface area (Å²) in [5.41, 5.74) is 1.64. The monoisotopic (exact) mass is 313 g/mol. The predicted octanol–water partition coefficient (Wildman–Crippen LogP) is 3.89. The van der Waals surface area contributed by atoms with Crippen LogP contribution in [0.25, 0.3) is 0 Å². The van der Waals surface area contributed by atoms with Crippen LogP contribution in [0.1, 0.15) is 25.5 Å². The van der Waals surface area contributed by atoms with Gasteiger partial charge in [-0.05, 0) is 31.5 Å². The van der Waals surface area contributed by atoms with E-state index < -0.39 is 4.92 Å². The number of carbonyl (C=O) groups excluding carboxylic acids is 1. The van der Waals surface area contributed by atoms with E-state index in [0.29, 0.717) is 12.2 Å². The number of urea groups is 1. The van der Waals surface area contributed by atoms with Gasteiger partial charge in [-0.3, -0.25) is 15.0 Å². The summed E-state index contributed by atoms with van der Waals surface area (Å²) in [5, 5.41) is 13.6. The summed E-state index contributed by atoms with van der Waals surface area (Å²) in [6.07, 6.45) is 0. The zero-order valence-corrected chi connectivity index (χ0v) is 13.1. The summed E-state index contributed by atoms with van der Waals surface area (Å²) in [4.78, 5) is 24.2. The Morgan fingerprint density at radius 3 is 2.30 bits per heavy atom. The topological polar surface area (TPSA) is 75.5 Å². The molecule has 6 nitrogen and oxygen atoms in total. The van der Waals surface area contributed by atoms with Gasteiger partial charge in [0.05, 0.1) is 11.0 Å². The van der Waals surface area contributed by atoms with Crippen molar-refractivity contribution in [3.8, 4) is 0 Å². The Hall–Kier alpha value is -2.89. The van der Waals surface area contributed by atoms with Crippen LogP contribution in [-0.4, -0.2) is 17.5 Å². The number of hydrogen-bond donors (Lipinski definition) is 1. The molecule has 0 aliphatic rings. The first-order valence-corrected chi connectivity index (χ1v) is 7.40. The summed E-state index contributed by atoms with van der Waals surface area (Å²) in [6, 6.07) is 15.2. The highest BCUT2D eigenvalue weighted by molar-refractivity contribution is 5.92. The van der Waals surface area contributed by atoms with Crippen LogP contribution in [0.5, 0.6) is 0 Å². The van der Waals surface area contributed by atoms with Crippen molar-refractivity contribution in [2.75, 3.05) is 11.4 Å². The molecule has 0 aliphatic carbocycles. The number of nitrogens with one attached hydrogen (secondary N) is 1. The first kappa shape index (κ1) is 16.5. The molecule has 6 heteroatoms. The van der Waals surface area contributed by atoms with Crippen LogP contribution < -0.4 is 10.2 Å². The normalized spacial score (nSPS) is 11.6. The Kier molecular flexibility index (Phi) is 5.30. The van der Waals surface area contributed by atoms with E-state index in [4.69, 9.17) is 0 Å². The van der Waals surface area contributed by atoms with Crippen molar-refractivity contribution in [2.45, 2.75) is 19.9 Å². The van der Waals surface area contributed by atoms with Gasteiger partial charge in [0, 0.05) is 24.4 Å². The fraction of sp³-hybridized carbons (Fsp3) is 0.235. The van der Waals surface area contributed by atoms with Gasteiger partial charge in [0.2, 0.25) is 0 Å². The zero-order chi connectivity index (χ0) is 16.8. The first-order valence-electron chi connectivity index (χ1n) is 7.40. The van der Waals surface area contributed by atoms with Crippen molar-refractivity contribution in [1.82, 2.24) is 5.32 Å². The molecule has 2 aromatic rings. The number of nitro groups is 1. The molecular weight excluding hydrogens is 294 g/mol. The van der Waals surface area contributed by atoms with E-state index in [1.54, 1.807) is 17.0 Å². The van der Waals surface area contributed by atoms with Gasteiger partial charge in [-0.2, -0.15) is 0 Å². The van der Waals surface area contributed by atoms with Crippen LogP contribution in [0, 0.1) is 10.1 Å². The Balaban J connectivity index is 2.10. The van der Waals surface area contributed by atoms with Crippen molar-refractivity contribution in [3.63, 3.8) is 0 Å². The molecule has 0 spiro atoms. The van der Waals surface area contributed by atoms with Gasteiger partial charge in [-0.25, -0.2) is 4.79 Å². The van der Waals surface area contributed by atoms with Crippen molar-refractivity contribution in [3.05, 3.63) is 70.3 Å². The van der Waals surface area contributed by atoms with Gasteiger partial charge in [0.1, 0.15) is 0 Å². The van der Waals surface area contributed by atoms with E-state index in [1.165, 1.54) is 12.1 Å². The van der Waals surface area contributed by atoms with Gasteiger partial charge in [-0.15, -0.1) is 0 Å². The molecule has 0 aliphatic heterocycles. The standard InChI is InChI=1S/C17H19N3O3/c1-3-19(15-9-11-16(12-10-15)20(22)23)17(21)18-13(2)14-7-5-4-6-8-14/h4-13H,3H2,1-2H3,(H,18,21). The van der Waals surface area contributed by atoms with Crippen LogP contribution in [0.4, 0.5) is 16.2 Å². The fourth-order valence-electron chi connectivity index (χ4n) is 2.29. The lowest BCUT2D eigenvalue weighted by molar-refractivity contribution is -0.384. The molecule has 0 aromatic heterocycles. The Labute approximate surface area is 134 Å². The van der Waals surface area contributed by atoms with Crippen molar-refractivity contribution >= 4 is 17.4 Å². The van der Waals surface area contributed by atoms with Crippen LogP contribution in [0.3, 0.4) is 0 Å². The van der Waals surface area contributed by atoms with Crippen LogP contribution in [0.2, 0.25) is 0 Å². The second-order valence-electron chi connectivity index (χ2n) is 5.10. The summed E-state index contributed by atoms with van der Waals surface area (Å²) in [7, 11) is 0. The minimum atomic E-state index is -0.461. The largest absolute Gasteiger partial charge is 0.331 e. The van der Waals surface area contributed by atoms with E-state index in [0.717, 1.165) is 5.56 Å². The molecule has 0 bridgehead atoms. The number of rotatable bonds is 5. The van der Waals surface area contributed by atoms with Crippen LogP contribution >= 0.6 is 0 Å². The first-order chi connectivity index (χ1) is 11.0. The average molecular weight is 313 g/mol. The SMILES string of the molecule is CCN(C(=O)NC(C)c1ccccc1)c1ccc([N+](=O)[O-])cc1. The molecule has 2 aromatic carbocycles. The Morgan fingerprint density at radius 1 is 1.17 bits per heavy atom. The highest BCUT2D eigenvalue weighted by atomic mass is 16.6. The summed E-state index contributed by atoms with van der Waals surface area (Å²) < 4.78 is 0. The third-order valence-corrected chi connectivity index (χ3v) is 3.57. The molecule has 0 saturated carbocycles. The van der Waals surface area contributed by atoms with E-state index >= 15 is 0 Å². The number of carbonyl (C=O) groups is 1. The zero-order valence-electron chi connectivity index (χ0n) is 13.1. The lowest BCUT2D eigenvalue weighted by Crippen LogP contribution is -2.41. The second-order valence-corrected chi connectivity index (χ2v) is 5.10. The smallest absolute Gasteiger partial charge is 0.322 e. The van der Waals surface area contributed by atoms with Gasteiger partial charge in [0.25, 0.3) is 5.69 Å². The maximum absolute atomic E-state index is 12.5. The van der Waals surface area contributed by atoms with Gasteiger partial charge in [-0.1, -0.05) is 30.3 Å². The molecule has 1 N–H and O–H groups in total. The molecule has 2 amide bonds. The van der Waals surface area contributed by atoms with Gasteiger partial charge < -0.3 is 5.32 Å². The van der Waals surface area contributed by atoms with Crippen molar-refractivity contribution in [2.24, 2.45) is 0 Å². The van der Waals surface area contributed by atoms with E-state index in [-0.39, 0.29) is 17.8 Å². The number of nitro benzene ring substituents is 1. The number of nitrogens with zero attached hydrogens (tertiary/aromatic N) is 2. The van der Waals surface area contributed by atoms with Crippen LogP contribution in [0.15, 0.2) is 54.6 Å². The van der Waals surface area contributed by atoms with E-state index in [9.17, 15) is 14.9 Å². The van der Waals surface area contributed by atoms with Crippen molar-refractivity contribution < 1.29 is 9.72 Å². The lowest BCUT2D eigenvalue weighted by Gasteiger charge is -2.24. The summed E-state index contributed by atoms with van der Waals surface area (Å²) >= 11 is 0. The van der Waals surface area contributed by atoms with E-state index in [1.807, 2.05) is 44.2 Å². The molecule has 1 unspecified atom stereocenters. The molecular formula is C17H19N3O3. The molecule has 23 heavy (non-hydrogen) atoms. The predicted molar refractivity (Wildman–Crippen MR) is 89.5 cm³/mol. The molecule has 0 radical (unpaired) electrons. The summed E-state index contributed by atoms with van der Waals surface area (Å²) in [6.45, 7) is 4.23. The summed E-state index contributed by atoms with van der Waals surface area (Å²) in [5.74, 6) is 0. The van der Waals surface area contributed by atoms with Gasteiger partial charge >= 0.3 is 6.03 Å². The van der Waals surface area contributed by atoms with E-state index in [2.05, 4.69) is 5.32 Å². The maximum Gasteiger partial charge on any atom is 0.322 e. The fourth-order valence-corrected chi connectivity index (χ4v) is 2.29. The van der Waals surface area contributed by atoms with Gasteiger partial charge in [0.15, 0.2) is 0 Å². The average Bonchev–Trinajstić information content (AvgIpc) is 2.56. The number of hydrogen-bond acceptors (Lipinski definition) is 3. The van der Waals surface area contributed by atoms with Crippen molar-refractivity contribution in [1.29, 1.82) is 0 Å².